The van der Waals surface area contributed by atoms with Crippen LogP contribution in [0.25, 0.3) is 0 Å². The highest BCUT2D eigenvalue weighted by molar-refractivity contribution is 6.15. The molecule has 7 heteroatoms. The monoisotopic (exact) mass is 551 g/mol. The van der Waals surface area contributed by atoms with Crippen molar-refractivity contribution in [3.63, 3.8) is 0 Å². The van der Waals surface area contributed by atoms with Crippen LogP contribution in [-0.4, -0.2) is 41.6 Å². The molecule has 1 spiro atoms. The number of carbonyl (C=O) groups excluding carboxylic acids is 3. The van der Waals surface area contributed by atoms with Crippen molar-refractivity contribution in [3.8, 4) is 6.07 Å². The summed E-state index contributed by atoms with van der Waals surface area (Å²) in [4.78, 5) is 41.2. The van der Waals surface area contributed by atoms with Crippen molar-refractivity contribution in [1.82, 2.24) is 0 Å². The van der Waals surface area contributed by atoms with E-state index in [1.807, 2.05) is 13.0 Å². The maximum atomic E-state index is 14.5. The third-order valence-electron chi connectivity index (χ3n) is 12.8. The van der Waals surface area contributed by atoms with Crippen LogP contribution in [-0.2, 0) is 23.9 Å². The summed E-state index contributed by atoms with van der Waals surface area (Å²) >= 11 is 0. The molecule has 1 aliphatic heterocycles. The van der Waals surface area contributed by atoms with Crippen molar-refractivity contribution in [2.75, 3.05) is 7.11 Å². The number of carbonyl (C=O) groups is 3. The molecule has 9 atom stereocenters. The third kappa shape index (κ3) is 3.10. The molecule has 2 saturated carbocycles. The molecule has 4 aliphatic carbocycles. The third-order valence-corrected chi connectivity index (χ3v) is 12.8. The number of aliphatic hydroxyl groups is 1. The number of rotatable bonds is 3. The fourth-order valence-corrected chi connectivity index (χ4v) is 10.1. The van der Waals surface area contributed by atoms with Gasteiger partial charge in [-0.25, -0.2) is 0 Å². The van der Waals surface area contributed by atoms with Gasteiger partial charge in [0.25, 0.3) is 0 Å². The minimum atomic E-state index is -1.54. The summed E-state index contributed by atoms with van der Waals surface area (Å²) in [5.41, 5.74) is -4.41. The largest absolute Gasteiger partial charge is 0.468 e. The highest BCUT2D eigenvalue weighted by atomic mass is 16.6. The number of hydrogen-bond acceptors (Lipinski definition) is 7. The van der Waals surface area contributed by atoms with E-state index >= 15 is 0 Å². The second-order valence-corrected chi connectivity index (χ2v) is 15.4. The number of esters is 1. The van der Waals surface area contributed by atoms with Crippen LogP contribution in [0.4, 0.5) is 0 Å². The highest BCUT2D eigenvalue weighted by Crippen LogP contribution is 2.77. The molecule has 1 heterocycles. The van der Waals surface area contributed by atoms with Gasteiger partial charge in [-0.1, -0.05) is 54.5 Å². The Morgan fingerprint density at radius 1 is 1.18 bits per heavy atom. The Labute approximate surface area is 238 Å². The molecule has 0 aromatic heterocycles. The fraction of sp³-hybridized carbons (Fsp3) is 0.758. The van der Waals surface area contributed by atoms with Crippen LogP contribution >= 0.6 is 0 Å². The first-order valence-electron chi connectivity index (χ1n) is 14.7. The number of Topliss-reactive ketones (excluding diaryl/α,β-unsaturated/α-hetero) is 1. The van der Waals surface area contributed by atoms with Crippen LogP contribution in [0.2, 0.25) is 0 Å². The summed E-state index contributed by atoms with van der Waals surface area (Å²) in [6, 6.07) is 2.03. The first kappa shape index (κ1) is 29.2. The van der Waals surface area contributed by atoms with Gasteiger partial charge in [-0.05, 0) is 73.8 Å². The molecule has 40 heavy (non-hydrogen) atoms. The summed E-state index contributed by atoms with van der Waals surface area (Å²) in [5, 5.41) is 21.5. The Hall–Kier alpha value is -2.30. The van der Waals surface area contributed by atoms with Gasteiger partial charge < -0.3 is 14.6 Å². The number of fused-ring (bicyclic) bond motifs is 5. The molecule has 1 saturated heterocycles. The predicted octanol–water partition coefficient (Wildman–Crippen LogP) is 5.47. The summed E-state index contributed by atoms with van der Waals surface area (Å²) in [6.07, 6.45) is 6.71. The van der Waals surface area contributed by atoms with Crippen LogP contribution in [0.1, 0.15) is 93.9 Å². The quantitative estimate of drug-likeness (QED) is 0.366. The van der Waals surface area contributed by atoms with Gasteiger partial charge >= 0.3 is 5.97 Å². The van der Waals surface area contributed by atoms with Gasteiger partial charge in [-0.3, -0.25) is 14.4 Å². The lowest BCUT2D eigenvalue weighted by molar-refractivity contribution is -0.220. The summed E-state index contributed by atoms with van der Waals surface area (Å²) in [5.74, 6) is -1.99. The summed E-state index contributed by atoms with van der Waals surface area (Å²) in [7, 11) is 1.27. The molecule has 5 aliphatic rings. The zero-order valence-corrected chi connectivity index (χ0v) is 25.6. The minimum Gasteiger partial charge on any atom is -0.468 e. The molecular formula is C33H45NO6. The average molecular weight is 552 g/mol. The summed E-state index contributed by atoms with van der Waals surface area (Å²) in [6.45, 7) is 16.6. The predicted molar refractivity (Wildman–Crippen MR) is 148 cm³/mol. The van der Waals surface area contributed by atoms with E-state index in [9.17, 15) is 24.8 Å². The molecule has 0 radical (unpaired) electrons. The first-order chi connectivity index (χ1) is 18.4. The van der Waals surface area contributed by atoms with E-state index in [2.05, 4.69) is 41.5 Å². The van der Waals surface area contributed by atoms with Crippen LogP contribution in [0.5, 0.6) is 0 Å². The molecule has 7 nitrogen and oxygen atoms in total. The average Bonchev–Trinajstić information content (AvgIpc) is 3.03. The molecule has 5 rings (SSSR count). The molecule has 3 unspecified atom stereocenters. The maximum absolute atomic E-state index is 14.5. The van der Waals surface area contributed by atoms with Crippen LogP contribution in [0, 0.1) is 55.7 Å². The van der Waals surface area contributed by atoms with Crippen LogP contribution in [0.3, 0.4) is 0 Å². The molecule has 0 aromatic rings. The molecule has 1 N–H and O–H groups in total. The Balaban J connectivity index is 1.70. The number of nitrogens with zero attached hydrogens (tertiary/aromatic N) is 1. The lowest BCUT2D eigenvalue weighted by Gasteiger charge is -2.68. The fourth-order valence-electron chi connectivity index (χ4n) is 10.1. The maximum Gasteiger partial charge on any atom is 0.319 e. The second-order valence-electron chi connectivity index (χ2n) is 15.4. The minimum absolute atomic E-state index is 0.0690. The molecule has 218 valence electrons. The van der Waals surface area contributed by atoms with Crippen molar-refractivity contribution in [3.05, 3.63) is 23.3 Å². The Morgan fingerprint density at radius 3 is 2.40 bits per heavy atom. The SMILES string of the molecule is COC(=O)[C@]1(C)C(=O)C(C#N)=C[C@]2(C)C3=CC(=O)[C@@]45OC(O)[C@@](CCC(C)(C)C)(CC[C@@]4(C)[C@]3(C)CCC12)C5C. The lowest BCUT2D eigenvalue weighted by Crippen LogP contribution is -2.70. The van der Waals surface area contributed by atoms with Gasteiger partial charge in [-0.2, -0.15) is 5.26 Å². The second kappa shape index (κ2) is 8.38. The standard InChI is InChI=1S/C33H45NO6/c1-19-32(14-12-27(2,3)4)15-13-30(7)29(6)11-10-21-28(5,22(29)16-23(35)33(19,30)40-26(32)38)17-20(18-34)24(36)31(21,8)25(37)39-9/h16-17,19,21,26,38H,10-15H2,1-9H3/t19?,21?,26?,28-,29+,30-,31-,32-,33+/m0/s1. The smallest absolute Gasteiger partial charge is 0.319 e. The first-order valence-corrected chi connectivity index (χ1v) is 14.7. The number of aliphatic hydroxyl groups excluding tert-OH is 1. The van der Waals surface area contributed by atoms with Crippen molar-refractivity contribution in [2.45, 2.75) is 106 Å². The molecule has 0 aromatic carbocycles. The lowest BCUT2D eigenvalue weighted by atomic mass is 9.34. The van der Waals surface area contributed by atoms with E-state index in [-0.39, 0.29) is 22.7 Å². The number of ketones is 2. The number of hydrogen-bond donors (Lipinski definition) is 1. The zero-order chi connectivity index (χ0) is 29.9. The number of allylic oxidation sites excluding steroid dienone is 3. The molecule has 0 amide bonds. The van der Waals surface area contributed by atoms with E-state index in [1.165, 1.54) is 7.11 Å². The van der Waals surface area contributed by atoms with E-state index in [0.717, 1.165) is 24.8 Å². The van der Waals surface area contributed by atoms with Crippen molar-refractivity contribution >= 4 is 17.5 Å². The van der Waals surface area contributed by atoms with Gasteiger partial charge in [0.2, 0.25) is 0 Å². The molecular weight excluding hydrogens is 506 g/mol. The number of nitriles is 1. The van der Waals surface area contributed by atoms with Gasteiger partial charge in [-0.15, -0.1) is 0 Å². The topological polar surface area (TPSA) is 114 Å². The van der Waals surface area contributed by atoms with Crippen molar-refractivity contribution in [1.29, 1.82) is 5.26 Å². The van der Waals surface area contributed by atoms with E-state index in [4.69, 9.17) is 9.47 Å². The van der Waals surface area contributed by atoms with Crippen molar-refractivity contribution in [2.24, 2.45) is 44.3 Å². The molecule has 2 bridgehead atoms. The van der Waals surface area contributed by atoms with E-state index < -0.39 is 56.6 Å². The number of ether oxygens (including phenoxy) is 2. The normalized spacial score (nSPS) is 47.8. The van der Waals surface area contributed by atoms with Crippen LogP contribution in [0.15, 0.2) is 23.3 Å². The van der Waals surface area contributed by atoms with E-state index in [0.29, 0.717) is 19.3 Å². The van der Waals surface area contributed by atoms with Gasteiger partial charge in [0.05, 0.1) is 12.7 Å². The Kier molecular flexibility index (Phi) is 6.12. The van der Waals surface area contributed by atoms with Gasteiger partial charge in [0, 0.05) is 22.2 Å². The molecule has 3 fully saturated rings. The zero-order valence-electron chi connectivity index (χ0n) is 25.6. The Bertz CT molecular complexity index is 1300. The van der Waals surface area contributed by atoms with Crippen molar-refractivity contribution < 1.29 is 29.0 Å². The summed E-state index contributed by atoms with van der Waals surface area (Å²) < 4.78 is 11.7. The van der Waals surface area contributed by atoms with Gasteiger partial charge in [0.1, 0.15) is 17.1 Å². The Morgan fingerprint density at radius 2 is 1.82 bits per heavy atom. The number of methoxy groups -OCH3 is 1. The highest BCUT2D eigenvalue weighted by Gasteiger charge is 2.80. The van der Waals surface area contributed by atoms with Crippen LogP contribution < -0.4 is 0 Å². The van der Waals surface area contributed by atoms with Gasteiger partial charge in [0.15, 0.2) is 17.9 Å². The van der Waals surface area contributed by atoms with E-state index in [1.54, 1.807) is 19.1 Å².